The van der Waals surface area contributed by atoms with Crippen molar-refractivity contribution in [1.82, 2.24) is 0 Å². The van der Waals surface area contributed by atoms with E-state index >= 15 is 0 Å². The lowest BCUT2D eigenvalue weighted by molar-refractivity contribution is 0.0505. The Morgan fingerprint density at radius 3 is 2.93 bits per heavy atom. The molecule has 0 aromatic heterocycles. The number of esters is 1. The van der Waals surface area contributed by atoms with Gasteiger partial charge in [0.2, 0.25) is 0 Å². The fourth-order valence-electron chi connectivity index (χ4n) is 1.08. The van der Waals surface area contributed by atoms with Crippen LogP contribution in [0.3, 0.4) is 0 Å². The Balaban J connectivity index is 2.69. The third-order valence-corrected chi connectivity index (χ3v) is 1.82. The molecule has 3 heteroatoms. The van der Waals surface area contributed by atoms with Gasteiger partial charge in [-0.25, -0.2) is 4.79 Å². The molecular formula is C11H15NO2. The van der Waals surface area contributed by atoms with Gasteiger partial charge >= 0.3 is 5.97 Å². The van der Waals surface area contributed by atoms with E-state index in [0.29, 0.717) is 12.2 Å². The normalized spacial score (nSPS) is 9.57. The highest BCUT2D eigenvalue weighted by Gasteiger charge is 2.05. The zero-order chi connectivity index (χ0) is 10.4. The van der Waals surface area contributed by atoms with E-state index in [0.717, 1.165) is 12.1 Å². The Labute approximate surface area is 84.1 Å². The fourth-order valence-corrected chi connectivity index (χ4v) is 1.08. The average Bonchev–Trinajstić information content (AvgIpc) is 2.26. The number of ether oxygens (including phenoxy) is 1. The SMILES string of the molecule is CCCOC(=O)c1cccc(NC)c1. The number of rotatable bonds is 4. The van der Waals surface area contributed by atoms with E-state index in [1.807, 2.05) is 26.1 Å². The molecule has 0 aliphatic carbocycles. The summed E-state index contributed by atoms with van der Waals surface area (Å²) >= 11 is 0. The summed E-state index contributed by atoms with van der Waals surface area (Å²) in [6.07, 6.45) is 0.845. The highest BCUT2D eigenvalue weighted by molar-refractivity contribution is 5.90. The molecule has 0 bridgehead atoms. The summed E-state index contributed by atoms with van der Waals surface area (Å²) in [5.41, 5.74) is 1.50. The van der Waals surface area contributed by atoms with Gasteiger partial charge in [0, 0.05) is 12.7 Å². The van der Waals surface area contributed by atoms with Crippen LogP contribution in [0.4, 0.5) is 5.69 Å². The Morgan fingerprint density at radius 2 is 2.29 bits per heavy atom. The van der Waals surface area contributed by atoms with E-state index in [1.54, 1.807) is 12.1 Å². The molecule has 0 saturated heterocycles. The van der Waals surface area contributed by atoms with Crippen LogP contribution in [0.5, 0.6) is 0 Å². The van der Waals surface area contributed by atoms with Crippen molar-refractivity contribution in [3.05, 3.63) is 29.8 Å². The van der Waals surface area contributed by atoms with Crippen LogP contribution in [0.15, 0.2) is 24.3 Å². The Hall–Kier alpha value is -1.51. The summed E-state index contributed by atoms with van der Waals surface area (Å²) < 4.78 is 5.01. The quantitative estimate of drug-likeness (QED) is 0.745. The molecule has 0 saturated carbocycles. The number of benzene rings is 1. The fraction of sp³-hybridized carbons (Fsp3) is 0.364. The second-order valence-corrected chi connectivity index (χ2v) is 2.97. The summed E-state index contributed by atoms with van der Waals surface area (Å²) in [7, 11) is 1.82. The highest BCUT2D eigenvalue weighted by atomic mass is 16.5. The standard InChI is InChI=1S/C11H15NO2/c1-3-7-14-11(13)9-5-4-6-10(8-9)12-2/h4-6,8,12H,3,7H2,1-2H3. The van der Waals surface area contributed by atoms with Crippen LogP contribution in [0.1, 0.15) is 23.7 Å². The third kappa shape index (κ3) is 2.76. The van der Waals surface area contributed by atoms with E-state index < -0.39 is 0 Å². The second kappa shape index (κ2) is 5.27. The molecule has 0 unspecified atom stereocenters. The Morgan fingerprint density at radius 1 is 1.50 bits per heavy atom. The van der Waals surface area contributed by atoms with Crippen LogP contribution in [0, 0.1) is 0 Å². The van der Waals surface area contributed by atoms with Crippen LogP contribution in [-0.2, 0) is 4.74 Å². The van der Waals surface area contributed by atoms with Gasteiger partial charge < -0.3 is 10.1 Å². The molecule has 0 aliphatic rings. The molecule has 1 aromatic carbocycles. The van der Waals surface area contributed by atoms with Gasteiger partial charge in [-0.2, -0.15) is 0 Å². The first-order valence-electron chi connectivity index (χ1n) is 4.73. The van der Waals surface area contributed by atoms with Crippen molar-refractivity contribution in [2.24, 2.45) is 0 Å². The van der Waals surface area contributed by atoms with Crippen LogP contribution in [0.2, 0.25) is 0 Å². The van der Waals surface area contributed by atoms with Crippen molar-refractivity contribution in [2.45, 2.75) is 13.3 Å². The molecule has 0 radical (unpaired) electrons. The van der Waals surface area contributed by atoms with E-state index in [-0.39, 0.29) is 5.97 Å². The molecule has 1 rings (SSSR count). The van der Waals surface area contributed by atoms with Crippen LogP contribution in [-0.4, -0.2) is 19.6 Å². The minimum Gasteiger partial charge on any atom is -0.462 e. The van der Waals surface area contributed by atoms with Crippen molar-refractivity contribution in [1.29, 1.82) is 0 Å². The lowest BCUT2D eigenvalue weighted by atomic mass is 10.2. The monoisotopic (exact) mass is 193 g/mol. The molecule has 0 spiro atoms. The Bertz CT molecular complexity index is 310. The van der Waals surface area contributed by atoms with Gasteiger partial charge in [0.25, 0.3) is 0 Å². The van der Waals surface area contributed by atoms with Crippen LogP contribution >= 0.6 is 0 Å². The molecular weight excluding hydrogens is 178 g/mol. The van der Waals surface area contributed by atoms with Gasteiger partial charge in [-0.15, -0.1) is 0 Å². The van der Waals surface area contributed by atoms with E-state index in [4.69, 9.17) is 4.74 Å². The van der Waals surface area contributed by atoms with Gasteiger partial charge in [-0.3, -0.25) is 0 Å². The van der Waals surface area contributed by atoms with Gasteiger partial charge in [0.1, 0.15) is 0 Å². The number of nitrogens with one attached hydrogen (secondary N) is 1. The van der Waals surface area contributed by atoms with Crippen LogP contribution < -0.4 is 5.32 Å². The van der Waals surface area contributed by atoms with E-state index in [2.05, 4.69) is 5.32 Å². The number of carbonyl (C=O) groups is 1. The van der Waals surface area contributed by atoms with E-state index in [1.165, 1.54) is 0 Å². The average molecular weight is 193 g/mol. The lowest BCUT2D eigenvalue weighted by Crippen LogP contribution is -2.06. The predicted octanol–water partition coefficient (Wildman–Crippen LogP) is 2.30. The van der Waals surface area contributed by atoms with Gasteiger partial charge in [-0.05, 0) is 24.6 Å². The van der Waals surface area contributed by atoms with Crippen molar-refractivity contribution < 1.29 is 9.53 Å². The number of hydrogen-bond acceptors (Lipinski definition) is 3. The minimum absolute atomic E-state index is 0.260. The molecule has 0 fully saturated rings. The molecule has 0 amide bonds. The Kier molecular flexibility index (Phi) is 3.98. The third-order valence-electron chi connectivity index (χ3n) is 1.82. The van der Waals surface area contributed by atoms with E-state index in [9.17, 15) is 4.79 Å². The molecule has 0 aliphatic heterocycles. The molecule has 0 atom stereocenters. The maximum Gasteiger partial charge on any atom is 0.338 e. The predicted molar refractivity (Wildman–Crippen MR) is 56.6 cm³/mol. The minimum atomic E-state index is -0.260. The molecule has 14 heavy (non-hydrogen) atoms. The number of anilines is 1. The molecule has 3 nitrogen and oxygen atoms in total. The zero-order valence-corrected chi connectivity index (χ0v) is 8.54. The first-order valence-corrected chi connectivity index (χ1v) is 4.73. The first-order chi connectivity index (χ1) is 6.77. The van der Waals surface area contributed by atoms with Gasteiger partial charge in [0.15, 0.2) is 0 Å². The summed E-state index contributed by atoms with van der Waals surface area (Å²) in [5.74, 6) is -0.260. The number of carbonyl (C=O) groups excluding carboxylic acids is 1. The van der Waals surface area contributed by atoms with Gasteiger partial charge in [0.05, 0.1) is 12.2 Å². The maximum absolute atomic E-state index is 11.4. The largest absolute Gasteiger partial charge is 0.462 e. The first kappa shape index (κ1) is 10.6. The van der Waals surface area contributed by atoms with Crippen LogP contribution in [0.25, 0.3) is 0 Å². The lowest BCUT2D eigenvalue weighted by Gasteiger charge is -2.04. The summed E-state index contributed by atoms with van der Waals surface area (Å²) in [6, 6.07) is 7.25. The summed E-state index contributed by atoms with van der Waals surface area (Å²) in [5, 5.41) is 2.97. The van der Waals surface area contributed by atoms with Crippen molar-refractivity contribution >= 4 is 11.7 Å². The van der Waals surface area contributed by atoms with Crippen molar-refractivity contribution in [3.8, 4) is 0 Å². The molecule has 0 heterocycles. The summed E-state index contributed by atoms with van der Waals surface area (Å²) in [4.78, 5) is 11.4. The summed E-state index contributed by atoms with van der Waals surface area (Å²) in [6.45, 7) is 2.44. The smallest absolute Gasteiger partial charge is 0.338 e. The highest BCUT2D eigenvalue weighted by Crippen LogP contribution is 2.10. The topological polar surface area (TPSA) is 38.3 Å². The van der Waals surface area contributed by atoms with Gasteiger partial charge in [-0.1, -0.05) is 13.0 Å². The van der Waals surface area contributed by atoms with Crippen molar-refractivity contribution in [2.75, 3.05) is 19.0 Å². The zero-order valence-electron chi connectivity index (χ0n) is 8.54. The molecule has 1 aromatic rings. The number of hydrogen-bond donors (Lipinski definition) is 1. The maximum atomic E-state index is 11.4. The molecule has 1 N–H and O–H groups in total. The second-order valence-electron chi connectivity index (χ2n) is 2.97. The van der Waals surface area contributed by atoms with Crippen molar-refractivity contribution in [3.63, 3.8) is 0 Å². The molecule has 76 valence electrons.